The highest BCUT2D eigenvalue weighted by Crippen LogP contribution is 2.31. The predicted octanol–water partition coefficient (Wildman–Crippen LogP) is 4.30. The number of hydrogen-bond acceptors (Lipinski definition) is 5. The molecule has 5 rings (SSSR count). The number of hydrogen-bond donors (Lipinski definition) is 1. The maximum absolute atomic E-state index is 14.4. The molecule has 1 fully saturated rings. The summed E-state index contributed by atoms with van der Waals surface area (Å²) in [5, 5.41) is 15.9. The van der Waals surface area contributed by atoms with Crippen molar-refractivity contribution in [2.75, 3.05) is 13.1 Å². The summed E-state index contributed by atoms with van der Waals surface area (Å²) in [6, 6.07) is 8.46. The number of fused-ring (bicyclic) bond motifs is 1. The Morgan fingerprint density at radius 1 is 1.12 bits per heavy atom. The average molecular weight is 451 g/mol. The number of aromatic nitrogens is 1. The fourth-order valence-electron chi connectivity index (χ4n) is 4.29. The van der Waals surface area contributed by atoms with Crippen LogP contribution in [-0.4, -0.2) is 49.6 Å². The van der Waals surface area contributed by atoms with Gasteiger partial charge in [0.25, 0.3) is 5.91 Å². The number of benzene rings is 1. The summed E-state index contributed by atoms with van der Waals surface area (Å²) in [6.07, 6.45) is 5.10. The minimum Gasteiger partial charge on any atom is -0.349 e. The van der Waals surface area contributed by atoms with Crippen molar-refractivity contribution in [2.24, 2.45) is 10.1 Å². The van der Waals surface area contributed by atoms with Crippen LogP contribution in [0.25, 0.3) is 11.8 Å². The van der Waals surface area contributed by atoms with Crippen LogP contribution in [0.4, 0.5) is 4.39 Å². The van der Waals surface area contributed by atoms with Crippen molar-refractivity contribution in [3.8, 4) is 5.69 Å². The van der Waals surface area contributed by atoms with Crippen molar-refractivity contribution < 1.29 is 9.18 Å². The van der Waals surface area contributed by atoms with Gasteiger partial charge in [-0.3, -0.25) is 10.2 Å². The zero-order valence-electron chi connectivity index (χ0n) is 17.9. The van der Waals surface area contributed by atoms with Gasteiger partial charge < -0.3 is 9.47 Å². The molecule has 3 aliphatic rings. The molecule has 9 heteroatoms. The van der Waals surface area contributed by atoms with Crippen LogP contribution in [-0.2, 0) is 4.79 Å². The molecule has 0 radical (unpaired) electrons. The third-order valence-electron chi connectivity index (χ3n) is 5.93. The molecule has 0 bridgehead atoms. The quantitative estimate of drug-likeness (QED) is 0.693. The molecule has 4 heterocycles. The Morgan fingerprint density at radius 2 is 1.88 bits per heavy atom. The molecule has 1 amide bonds. The number of hydrazone groups is 1. The number of amides is 1. The largest absolute Gasteiger partial charge is 0.349 e. The van der Waals surface area contributed by atoms with E-state index in [1.54, 1.807) is 24.3 Å². The third kappa shape index (κ3) is 3.46. The fraction of sp³-hybridized carbons (Fsp3) is 0.304. The molecule has 1 saturated heterocycles. The van der Waals surface area contributed by atoms with Crippen LogP contribution >= 0.6 is 11.8 Å². The van der Waals surface area contributed by atoms with E-state index in [1.165, 1.54) is 29.3 Å². The SMILES string of the molecule is Cc1cc(/C=C2\C(=N)N3N=C(N4CCCCC4)SC3=NC2=O)c(C)n1-c1ccccc1F. The summed E-state index contributed by atoms with van der Waals surface area (Å²) < 4.78 is 16.2. The summed E-state index contributed by atoms with van der Waals surface area (Å²) in [5.41, 5.74) is 2.98. The maximum Gasteiger partial charge on any atom is 0.283 e. The highest BCUT2D eigenvalue weighted by molar-refractivity contribution is 8.26. The van der Waals surface area contributed by atoms with Gasteiger partial charge in [-0.2, -0.15) is 10.0 Å². The van der Waals surface area contributed by atoms with Gasteiger partial charge in [-0.1, -0.05) is 12.1 Å². The number of amidine groups is 3. The second-order valence-corrected chi connectivity index (χ2v) is 9.00. The van der Waals surface area contributed by atoms with Gasteiger partial charge in [0.1, 0.15) is 5.82 Å². The van der Waals surface area contributed by atoms with Gasteiger partial charge in [0.05, 0.1) is 11.3 Å². The maximum atomic E-state index is 14.4. The average Bonchev–Trinajstić information content (AvgIpc) is 3.33. The van der Waals surface area contributed by atoms with E-state index in [0.717, 1.165) is 48.1 Å². The van der Waals surface area contributed by atoms with E-state index in [1.807, 2.05) is 24.5 Å². The Morgan fingerprint density at radius 3 is 2.62 bits per heavy atom. The second kappa shape index (κ2) is 8.05. The lowest BCUT2D eigenvalue weighted by molar-refractivity contribution is -0.114. The Hall–Kier alpha value is -3.20. The zero-order valence-corrected chi connectivity index (χ0v) is 18.7. The fourth-order valence-corrected chi connectivity index (χ4v) is 5.23. The topological polar surface area (TPSA) is 77.1 Å². The van der Waals surface area contributed by atoms with Crippen molar-refractivity contribution in [1.29, 1.82) is 5.41 Å². The van der Waals surface area contributed by atoms with E-state index in [-0.39, 0.29) is 17.2 Å². The number of likely N-dealkylation sites (tertiary alicyclic amines) is 1. The molecule has 1 N–H and O–H groups in total. The second-order valence-electron chi connectivity index (χ2n) is 8.06. The highest BCUT2D eigenvalue weighted by atomic mass is 32.2. The summed E-state index contributed by atoms with van der Waals surface area (Å²) >= 11 is 1.34. The number of nitrogens with one attached hydrogen (secondary N) is 1. The van der Waals surface area contributed by atoms with Gasteiger partial charge in [-0.25, -0.2) is 4.39 Å². The molecule has 3 aliphatic heterocycles. The van der Waals surface area contributed by atoms with E-state index in [2.05, 4.69) is 15.0 Å². The Labute approximate surface area is 189 Å². The van der Waals surface area contributed by atoms with E-state index >= 15 is 0 Å². The number of aryl methyl sites for hydroxylation is 1. The molecule has 0 unspecified atom stereocenters. The molecular formula is C23H23FN6OS. The van der Waals surface area contributed by atoms with Gasteiger partial charge >= 0.3 is 0 Å². The highest BCUT2D eigenvalue weighted by Gasteiger charge is 2.37. The lowest BCUT2D eigenvalue weighted by Crippen LogP contribution is -2.35. The predicted molar refractivity (Wildman–Crippen MR) is 126 cm³/mol. The Balaban J connectivity index is 1.49. The first-order valence-electron chi connectivity index (χ1n) is 10.6. The molecule has 2 aromatic rings. The molecule has 0 aliphatic carbocycles. The number of carbonyl (C=O) groups is 1. The molecule has 0 saturated carbocycles. The lowest BCUT2D eigenvalue weighted by Gasteiger charge is -2.26. The monoisotopic (exact) mass is 450 g/mol. The van der Waals surface area contributed by atoms with Crippen LogP contribution < -0.4 is 0 Å². The van der Waals surface area contributed by atoms with E-state index in [4.69, 9.17) is 5.41 Å². The molecule has 1 aromatic heterocycles. The Bertz CT molecular complexity index is 1220. The number of piperidine rings is 1. The first-order chi connectivity index (χ1) is 15.4. The molecule has 164 valence electrons. The van der Waals surface area contributed by atoms with Crippen molar-refractivity contribution >= 4 is 39.9 Å². The van der Waals surface area contributed by atoms with Crippen molar-refractivity contribution in [3.63, 3.8) is 0 Å². The van der Waals surface area contributed by atoms with E-state index < -0.39 is 5.91 Å². The summed E-state index contributed by atoms with van der Waals surface area (Å²) in [4.78, 5) is 19.2. The molecule has 32 heavy (non-hydrogen) atoms. The normalized spacial score (nSPS) is 20.0. The number of halogens is 1. The van der Waals surface area contributed by atoms with Gasteiger partial charge in [0, 0.05) is 24.5 Å². The van der Waals surface area contributed by atoms with Crippen molar-refractivity contribution in [3.05, 3.63) is 58.7 Å². The van der Waals surface area contributed by atoms with E-state index in [9.17, 15) is 9.18 Å². The molecular weight excluding hydrogens is 427 g/mol. The van der Waals surface area contributed by atoms with Crippen molar-refractivity contribution in [1.82, 2.24) is 14.5 Å². The van der Waals surface area contributed by atoms with Crippen molar-refractivity contribution in [2.45, 2.75) is 33.1 Å². The standard InChI is InChI=1S/C23H23FN6OS/c1-14-12-16(15(2)29(14)19-9-5-4-8-18(19)24)13-17-20(25)30-22(26-21(17)31)32-23(27-30)28-10-6-3-7-11-28/h4-5,8-9,12-13,25H,3,6-7,10-11H2,1-2H3/b17-13+,25-20?. The number of thioether (sulfide) groups is 1. The van der Waals surface area contributed by atoms with Crippen LogP contribution in [0.15, 0.2) is 46.0 Å². The van der Waals surface area contributed by atoms with E-state index in [0.29, 0.717) is 10.9 Å². The van der Waals surface area contributed by atoms with Crippen LogP contribution in [0, 0.1) is 25.1 Å². The number of para-hydroxylation sites is 1. The number of rotatable bonds is 2. The van der Waals surface area contributed by atoms with Gasteiger partial charge in [0.15, 0.2) is 11.0 Å². The van der Waals surface area contributed by atoms with Crippen LogP contribution in [0.5, 0.6) is 0 Å². The van der Waals surface area contributed by atoms with Crippen LogP contribution in [0.2, 0.25) is 0 Å². The zero-order chi connectivity index (χ0) is 22.4. The first-order valence-corrected chi connectivity index (χ1v) is 11.4. The van der Waals surface area contributed by atoms with Gasteiger partial charge in [-0.05, 0) is 74.7 Å². The summed E-state index contributed by atoms with van der Waals surface area (Å²) in [5.74, 6) is -0.771. The lowest BCUT2D eigenvalue weighted by atomic mass is 10.1. The first kappa shape index (κ1) is 20.7. The number of aliphatic imine (C=N–C) groups is 1. The minimum absolute atomic E-state index is 0.00945. The van der Waals surface area contributed by atoms with Crippen LogP contribution in [0.3, 0.4) is 0 Å². The molecule has 0 atom stereocenters. The third-order valence-corrected chi connectivity index (χ3v) is 6.90. The number of nitrogens with zero attached hydrogens (tertiary/aromatic N) is 5. The number of carbonyl (C=O) groups excluding carboxylic acids is 1. The minimum atomic E-state index is -0.459. The van der Waals surface area contributed by atoms with Gasteiger partial charge in [-0.15, -0.1) is 5.10 Å². The molecule has 1 aromatic carbocycles. The smallest absolute Gasteiger partial charge is 0.283 e. The molecule has 7 nitrogen and oxygen atoms in total. The molecule has 0 spiro atoms. The summed E-state index contributed by atoms with van der Waals surface area (Å²) in [6.45, 7) is 5.62. The summed E-state index contributed by atoms with van der Waals surface area (Å²) in [7, 11) is 0. The van der Waals surface area contributed by atoms with Gasteiger partial charge in [0.2, 0.25) is 5.17 Å². The van der Waals surface area contributed by atoms with Crippen LogP contribution in [0.1, 0.15) is 36.2 Å². The Kier molecular flexibility index (Phi) is 5.21.